The average Bonchev–Trinajstić information content (AvgIpc) is 2.49. The van der Waals surface area contributed by atoms with Crippen LogP contribution >= 0.6 is 0 Å². The third-order valence-electron chi connectivity index (χ3n) is 3.40. The van der Waals surface area contributed by atoms with Gasteiger partial charge in [0.1, 0.15) is 0 Å². The summed E-state index contributed by atoms with van der Waals surface area (Å²) in [5, 5.41) is 8.16. The fourth-order valence-corrected chi connectivity index (χ4v) is 2.56. The Morgan fingerprint density at radius 2 is 2.31 bits per heavy atom. The summed E-state index contributed by atoms with van der Waals surface area (Å²) < 4.78 is 2.14. The Morgan fingerprint density at radius 3 is 3.12 bits per heavy atom. The highest BCUT2D eigenvalue weighted by atomic mass is 15.3. The van der Waals surface area contributed by atoms with Crippen molar-refractivity contribution in [2.75, 3.05) is 6.54 Å². The number of rotatable bonds is 3. The highest BCUT2D eigenvalue weighted by molar-refractivity contribution is 5.10. The van der Waals surface area contributed by atoms with Crippen molar-refractivity contribution in [3.8, 4) is 0 Å². The van der Waals surface area contributed by atoms with E-state index in [1.807, 2.05) is 0 Å². The Hall–Kier alpha value is -0.830. The summed E-state index contributed by atoms with van der Waals surface area (Å²) in [6.45, 7) is 6.41. The number of hydrogen-bond donors (Lipinski definition) is 1. The number of aromatic nitrogens is 2. The predicted molar refractivity (Wildman–Crippen MR) is 66.6 cm³/mol. The van der Waals surface area contributed by atoms with Crippen molar-refractivity contribution < 1.29 is 0 Å². The van der Waals surface area contributed by atoms with Crippen LogP contribution in [0.3, 0.4) is 0 Å². The molecule has 16 heavy (non-hydrogen) atoms. The summed E-state index contributed by atoms with van der Waals surface area (Å²) in [5.74, 6) is 0. The summed E-state index contributed by atoms with van der Waals surface area (Å²) in [5.41, 5.74) is 2.53. The lowest BCUT2D eigenvalue weighted by molar-refractivity contribution is 0.484. The molecule has 0 bridgehead atoms. The summed E-state index contributed by atoms with van der Waals surface area (Å²) in [6, 6.07) is 2.89. The van der Waals surface area contributed by atoms with Crippen LogP contribution in [0.4, 0.5) is 0 Å². The largest absolute Gasteiger partial charge is 0.314 e. The summed E-state index contributed by atoms with van der Waals surface area (Å²) in [6.07, 6.45) is 6.54. The molecule has 1 N–H and O–H groups in total. The van der Waals surface area contributed by atoms with Crippen molar-refractivity contribution in [1.82, 2.24) is 15.1 Å². The summed E-state index contributed by atoms with van der Waals surface area (Å²) >= 11 is 0. The molecule has 1 aromatic rings. The normalized spacial score (nSPS) is 22.0. The van der Waals surface area contributed by atoms with Gasteiger partial charge in [0.05, 0.1) is 5.69 Å². The van der Waals surface area contributed by atoms with Crippen molar-refractivity contribution in [2.45, 2.75) is 58.5 Å². The third-order valence-corrected chi connectivity index (χ3v) is 3.40. The number of hydrogen-bond acceptors (Lipinski definition) is 2. The Kier molecular flexibility index (Phi) is 3.99. The fraction of sp³-hybridized carbons (Fsp3) is 0.769. The van der Waals surface area contributed by atoms with Crippen LogP contribution in [-0.2, 0) is 13.0 Å². The second kappa shape index (κ2) is 5.48. The quantitative estimate of drug-likeness (QED) is 0.848. The summed E-state index contributed by atoms with van der Waals surface area (Å²) in [4.78, 5) is 0. The molecule has 3 heteroatoms. The molecule has 1 unspecified atom stereocenters. The molecule has 0 aromatic carbocycles. The van der Waals surface area contributed by atoms with Crippen molar-refractivity contribution in [3.63, 3.8) is 0 Å². The van der Waals surface area contributed by atoms with Crippen molar-refractivity contribution in [3.05, 3.63) is 17.5 Å². The molecule has 0 amide bonds. The molecule has 1 saturated heterocycles. The monoisotopic (exact) mass is 221 g/mol. The van der Waals surface area contributed by atoms with E-state index < -0.39 is 0 Å². The molecule has 0 aliphatic carbocycles. The molecule has 2 rings (SSSR count). The molecule has 1 atom stereocenters. The highest BCUT2D eigenvalue weighted by Crippen LogP contribution is 2.14. The van der Waals surface area contributed by atoms with E-state index in [9.17, 15) is 0 Å². The van der Waals surface area contributed by atoms with Gasteiger partial charge in [-0.15, -0.1) is 0 Å². The van der Waals surface area contributed by atoms with E-state index in [2.05, 4.69) is 35.0 Å². The van der Waals surface area contributed by atoms with Crippen molar-refractivity contribution >= 4 is 0 Å². The standard InChI is InChI=1S/C13H23N3/c1-3-16-13(9-11(2)15-16)10-12-7-5-4-6-8-14-12/h9,12,14H,3-8,10H2,1-2H3. The molecule has 0 saturated carbocycles. The van der Waals surface area contributed by atoms with E-state index in [0.29, 0.717) is 6.04 Å². The molecule has 2 heterocycles. The van der Waals surface area contributed by atoms with Gasteiger partial charge in [-0.2, -0.15) is 5.10 Å². The van der Waals surface area contributed by atoms with Crippen LogP contribution in [0.5, 0.6) is 0 Å². The van der Waals surface area contributed by atoms with Crippen LogP contribution in [0.15, 0.2) is 6.07 Å². The van der Waals surface area contributed by atoms with Gasteiger partial charge in [0.15, 0.2) is 0 Å². The SMILES string of the molecule is CCn1nc(C)cc1CC1CCCCCN1. The molecule has 1 aromatic heterocycles. The van der Waals surface area contributed by atoms with Gasteiger partial charge in [0, 0.05) is 24.7 Å². The fourth-order valence-electron chi connectivity index (χ4n) is 2.56. The first-order valence-electron chi connectivity index (χ1n) is 6.56. The Bertz CT molecular complexity index is 322. The minimum atomic E-state index is 0.656. The lowest BCUT2D eigenvalue weighted by Gasteiger charge is -2.16. The first-order chi connectivity index (χ1) is 7.79. The average molecular weight is 221 g/mol. The second-order valence-electron chi connectivity index (χ2n) is 4.80. The van der Waals surface area contributed by atoms with E-state index >= 15 is 0 Å². The molecule has 1 aliphatic rings. The van der Waals surface area contributed by atoms with E-state index in [0.717, 1.165) is 18.7 Å². The Balaban J connectivity index is 2.01. The van der Waals surface area contributed by atoms with Crippen LogP contribution in [0.2, 0.25) is 0 Å². The third kappa shape index (κ3) is 2.85. The number of aryl methyl sites for hydroxylation is 2. The van der Waals surface area contributed by atoms with Crippen LogP contribution in [0, 0.1) is 6.92 Å². The zero-order valence-corrected chi connectivity index (χ0v) is 10.5. The van der Waals surface area contributed by atoms with Gasteiger partial charge in [-0.1, -0.05) is 12.8 Å². The van der Waals surface area contributed by atoms with E-state index in [-0.39, 0.29) is 0 Å². The molecule has 3 nitrogen and oxygen atoms in total. The molecular weight excluding hydrogens is 198 g/mol. The highest BCUT2D eigenvalue weighted by Gasteiger charge is 2.14. The van der Waals surface area contributed by atoms with E-state index in [4.69, 9.17) is 0 Å². The second-order valence-corrected chi connectivity index (χ2v) is 4.80. The Morgan fingerprint density at radius 1 is 1.44 bits per heavy atom. The number of nitrogens with one attached hydrogen (secondary N) is 1. The topological polar surface area (TPSA) is 29.9 Å². The van der Waals surface area contributed by atoms with Gasteiger partial charge in [0.25, 0.3) is 0 Å². The zero-order chi connectivity index (χ0) is 11.4. The van der Waals surface area contributed by atoms with Gasteiger partial charge in [0.2, 0.25) is 0 Å². The zero-order valence-electron chi connectivity index (χ0n) is 10.5. The number of nitrogens with zero attached hydrogens (tertiary/aromatic N) is 2. The summed E-state index contributed by atoms with van der Waals surface area (Å²) in [7, 11) is 0. The van der Waals surface area contributed by atoms with Crippen molar-refractivity contribution in [1.29, 1.82) is 0 Å². The molecule has 1 aliphatic heterocycles. The Labute approximate surface area is 98.2 Å². The smallest absolute Gasteiger partial charge is 0.0596 e. The van der Waals surface area contributed by atoms with Gasteiger partial charge in [-0.05, 0) is 39.3 Å². The van der Waals surface area contributed by atoms with Gasteiger partial charge in [-0.25, -0.2) is 0 Å². The first-order valence-corrected chi connectivity index (χ1v) is 6.56. The minimum absolute atomic E-state index is 0.656. The van der Waals surface area contributed by atoms with Crippen LogP contribution in [0.25, 0.3) is 0 Å². The minimum Gasteiger partial charge on any atom is -0.314 e. The lowest BCUT2D eigenvalue weighted by atomic mass is 10.1. The molecular formula is C13H23N3. The molecule has 1 fully saturated rings. The predicted octanol–water partition coefficient (Wildman–Crippen LogP) is 2.29. The lowest BCUT2D eigenvalue weighted by Crippen LogP contribution is -2.31. The van der Waals surface area contributed by atoms with Crippen LogP contribution in [0.1, 0.15) is 44.0 Å². The van der Waals surface area contributed by atoms with Gasteiger partial charge in [-0.3, -0.25) is 4.68 Å². The maximum absolute atomic E-state index is 4.51. The van der Waals surface area contributed by atoms with Gasteiger partial charge >= 0.3 is 0 Å². The maximum Gasteiger partial charge on any atom is 0.0596 e. The molecule has 90 valence electrons. The van der Waals surface area contributed by atoms with E-state index in [1.54, 1.807) is 0 Å². The van der Waals surface area contributed by atoms with Crippen LogP contribution < -0.4 is 5.32 Å². The van der Waals surface area contributed by atoms with Crippen molar-refractivity contribution in [2.24, 2.45) is 0 Å². The molecule has 0 radical (unpaired) electrons. The van der Waals surface area contributed by atoms with Gasteiger partial charge < -0.3 is 5.32 Å². The maximum atomic E-state index is 4.51. The van der Waals surface area contributed by atoms with E-state index in [1.165, 1.54) is 37.9 Å². The molecule has 0 spiro atoms. The van der Waals surface area contributed by atoms with Crippen LogP contribution in [-0.4, -0.2) is 22.4 Å². The first kappa shape index (κ1) is 11.6.